The van der Waals surface area contributed by atoms with Gasteiger partial charge in [0.1, 0.15) is 6.61 Å². The van der Waals surface area contributed by atoms with E-state index in [1.54, 1.807) is 13.2 Å². The van der Waals surface area contributed by atoms with Gasteiger partial charge in [0.2, 0.25) is 5.91 Å². The standard InChI is InChI=1S/C35H50F3N3O8S/c1-43-15-16-44-17-18-45-19-20-46-21-22-47-23-24-48-25-26-49-28-34(42)40-13-11-39(12-14-40)9-4-10-41-30-5-2-3-6-32(30)50-33-8-7-29(27-31(33)41)35(36,37)38/h2-3,5-8,27H,4,9-26,28H2,1H3. The molecule has 2 aromatic carbocycles. The Bertz CT molecular complexity index is 1270. The molecule has 0 aliphatic carbocycles. The highest BCUT2D eigenvalue weighted by Crippen LogP contribution is 2.49. The first-order valence-electron chi connectivity index (χ1n) is 17.1. The van der Waals surface area contributed by atoms with Crippen LogP contribution in [0.15, 0.2) is 52.3 Å². The summed E-state index contributed by atoms with van der Waals surface area (Å²) in [4.78, 5) is 20.6. The van der Waals surface area contributed by atoms with Gasteiger partial charge >= 0.3 is 6.18 Å². The molecule has 0 saturated carbocycles. The van der Waals surface area contributed by atoms with E-state index < -0.39 is 11.7 Å². The quantitative estimate of drug-likeness (QED) is 0.142. The smallest absolute Gasteiger partial charge is 0.382 e. The first-order valence-corrected chi connectivity index (χ1v) is 17.9. The largest absolute Gasteiger partial charge is 0.416 e. The van der Waals surface area contributed by atoms with E-state index in [9.17, 15) is 18.0 Å². The molecular formula is C35H50F3N3O8S. The Hall–Kier alpha value is -2.47. The molecule has 0 spiro atoms. The summed E-state index contributed by atoms with van der Waals surface area (Å²) in [6.07, 6.45) is -3.63. The van der Waals surface area contributed by atoms with E-state index in [0.717, 1.165) is 47.6 Å². The van der Waals surface area contributed by atoms with Gasteiger partial charge in [0.25, 0.3) is 0 Å². The van der Waals surface area contributed by atoms with Crippen LogP contribution in [0.2, 0.25) is 0 Å². The molecular weight excluding hydrogens is 679 g/mol. The van der Waals surface area contributed by atoms with Crippen LogP contribution in [0.4, 0.5) is 24.5 Å². The van der Waals surface area contributed by atoms with Crippen molar-refractivity contribution in [2.24, 2.45) is 0 Å². The number of para-hydroxylation sites is 1. The zero-order valence-corrected chi connectivity index (χ0v) is 29.6. The molecule has 1 fully saturated rings. The van der Waals surface area contributed by atoms with Crippen molar-refractivity contribution in [2.75, 3.05) is 137 Å². The molecule has 0 unspecified atom stereocenters. The minimum atomic E-state index is -4.40. The first-order chi connectivity index (χ1) is 24.4. The summed E-state index contributed by atoms with van der Waals surface area (Å²) in [7, 11) is 1.63. The number of hydrogen-bond donors (Lipinski definition) is 0. The summed E-state index contributed by atoms with van der Waals surface area (Å²) in [6.45, 7) is 9.76. The lowest BCUT2D eigenvalue weighted by Crippen LogP contribution is -2.50. The van der Waals surface area contributed by atoms with Gasteiger partial charge in [-0.1, -0.05) is 23.9 Å². The number of benzene rings is 2. The summed E-state index contributed by atoms with van der Waals surface area (Å²) in [6, 6.07) is 11.8. The van der Waals surface area contributed by atoms with Crippen molar-refractivity contribution >= 4 is 29.0 Å². The van der Waals surface area contributed by atoms with E-state index in [1.807, 2.05) is 34.1 Å². The van der Waals surface area contributed by atoms with Gasteiger partial charge in [-0.3, -0.25) is 9.69 Å². The molecule has 4 rings (SSSR count). The van der Waals surface area contributed by atoms with E-state index in [-0.39, 0.29) is 12.5 Å². The van der Waals surface area contributed by atoms with Crippen LogP contribution < -0.4 is 4.90 Å². The normalized spacial score (nSPS) is 15.0. The Labute approximate surface area is 297 Å². The maximum absolute atomic E-state index is 13.5. The van der Waals surface area contributed by atoms with Crippen LogP contribution in [-0.2, 0) is 44.1 Å². The molecule has 0 atom stereocenters. The number of carbonyl (C=O) groups is 1. The lowest BCUT2D eigenvalue weighted by Gasteiger charge is -2.36. The first kappa shape index (κ1) is 40.3. The number of fused-ring (bicyclic) bond motifs is 2. The highest BCUT2D eigenvalue weighted by atomic mass is 32.2. The third kappa shape index (κ3) is 13.9. The van der Waals surface area contributed by atoms with Gasteiger partial charge in [0, 0.05) is 49.6 Å². The van der Waals surface area contributed by atoms with Crippen molar-refractivity contribution in [1.29, 1.82) is 0 Å². The van der Waals surface area contributed by atoms with Crippen LogP contribution >= 0.6 is 11.8 Å². The Morgan fingerprint density at radius 2 is 1.22 bits per heavy atom. The molecule has 1 saturated heterocycles. The minimum Gasteiger partial charge on any atom is -0.382 e. The molecule has 1 amide bonds. The van der Waals surface area contributed by atoms with Crippen LogP contribution in [0.3, 0.4) is 0 Å². The number of halogens is 3. The molecule has 2 aliphatic heterocycles. The average molecular weight is 730 g/mol. The Morgan fingerprint density at radius 1 is 0.680 bits per heavy atom. The molecule has 0 radical (unpaired) electrons. The summed E-state index contributed by atoms with van der Waals surface area (Å²) >= 11 is 1.50. The number of carbonyl (C=O) groups excluding carboxylic acids is 1. The van der Waals surface area contributed by atoms with Crippen LogP contribution in [0.5, 0.6) is 0 Å². The SMILES string of the molecule is COCCOCCOCCOCCOCCOCCOCC(=O)N1CCN(CCCN2c3ccccc3Sc3ccc(C(F)(F)F)cc32)CC1. The maximum atomic E-state index is 13.5. The third-order valence-corrected chi connectivity index (χ3v) is 9.18. The maximum Gasteiger partial charge on any atom is 0.416 e. The van der Waals surface area contributed by atoms with E-state index in [0.29, 0.717) is 105 Å². The molecule has 0 bridgehead atoms. The number of piperazine rings is 1. The monoisotopic (exact) mass is 729 g/mol. The lowest BCUT2D eigenvalue weighted by atomic mass is 10.1. The summed E-state index contributed by atoms with van der Waals surface area (Å²) in [5.41, 5.74) is 0.874. The van der Waals surface area contributed by atoms with Crippen molar-refractivity contribution in [2.45, 2.75) is 22.4 Å². The molecule has 280 valence electrons. The fourth-order valence-corrected chi connectivity index (χ4v) is 6.49. The second kappa shape index (κ2) is 22.5. The van der Waals surface area contributed by atoms with Crippen molar-refractivity contribution in [1.82, 2.24) is 9.80 Å². The Kier molecular flexibility index (Phi) is 18.1. The molecule has 11 nitrogen and oxygen atoms in total. The molecule has 15 heteroatoms. The van der Waals surface area contributed by atoms with E-state index in [2.05, 4.69) is 4.90 Å². The summed E-state index contributed by atoms with van der Waals surface area (Å²) in [5.74, 6) is -0.0479. The second-order valence-electron chi connectivity index (χ2n) is 11.6. The van der Waals surface area contributed by atoms with Gasteiger partial charge in [0.15, 0.2) is 0 Å². The van der Waals surface area contributed by atoms with Crippen molar-refractivity contribution in [3.8, 4) is 0 Å². The molecule has 2 heterocycles. The zero-order valence-electron chi connectivity index (χ0n) is 28.8. The summed E-state index contributed by atoms with van der Waals surface area (Å²) < 4.78 is 78.1. The highest BCUT2D eigenvalue weighted by molar-refractivity contribution is 7.99. The number of alkyl halides is 3. The van der Waals surface area contributed by atoms with E-state index >= 15 is 0 Å². The predicted molar refractivity (Wildman–Crippen MR) is 183 cm³/mol. The number of anilines is 2. The van der Waals surface area contributed by atoms with Gasteiger partial charge in [-0.2, -0.15) is 13.2 Å². The Morgan fingerprint density at radius 3 is 1.80 bits per heavy atom. The number of ether oxygens (including phenoxy) is 7. The van der Waals surface area contributed by atoms with E-state index in [1.165, 1.54) is 17.8 Å². The fourth-order valence-electron chi connectivity index (χ4n) is 5.41. The number of hydrogen-bond acceptors (Lipinski definition) is 11. The lowest BCUT2D eigenvalue weighted by molar-refractivity contribution is -0.138. The average Bonchev–Trinajstić information content (AvgIpc) is 3.12. The number of rotatable bonds is 24. The number of nitrogens with zero attached hydrogens (tertiary/aromatic N) is 3. The minimum absolute atomic E-state index is 0.00740. The van der Waals surface area contributed by atoms with Gasteiger partial charge in [0.05, 0.1) is 96.2 Å². The topological polar surface area (TPSA) is 91.4 Å². The van der Waals surface area contributed by atoms with Gasteiger partial charge in [-0.15, -0.1) is 0 Å². The van der Waals surface area contributed by atoms with Crippen molar-refractivity contribution in [3.05, 3.63) is 48.0 Å². The molecule has 50 heavy (non-hydrogen) atoms. The molecule has 2 aromatic rings. The fraction of sp³-hybridized carbons (Fsp3) is 0.629. The highest BCUT2D eigenvalue weighted by Gasteiger charge is 2.33. The van der Waals surface area contributed by atoms with Crippen LogP contribution in [0.25, 0.3) is 0 Å². The van der Waals surface area contributed by atoms with Crippen molar-refractivity contribution < 1.29 is 51.1 Å². The number of methoxy groups -OCH3 is 1. The second-order valence-corrected chi connectivity index (χ2v) is 12.7. The van der Waals surface area contributed by atoms with Crippen LogP contribution in [0.1, 0.15) is 12.0 Å². The predicted octanol–water partition coefficient (Wildman–Crippen LogP) is 4.59. The van der Waals surface area contributed by atoms with Crippen LogP contribution in [0, 0.1) is 0 Å². The third-order valence-electron chi connectivity index (χ3n) is 8.05. The molecule has 2 aliphatic rings. The van der Waals surface area contributed by atoms with E-state index in [4.69, 9.17) is 33.2 Å². The zero-order chi connectivity index (χ0) is 35.4. The Balaban J connectivity index is 1.00. The molecule has 0 N–H and O–H groups in total. The molecule has 0 aromatic heterocycles. The van der Waals surface area contributed by atoms with Crippen LogP contribution in [-0.4, -0.2) is 148 Å². The van der Waals surface area contributed by atoms with Crippen molar-refractivity contribution in [3.63, 3.8) is 0 Å². The van der Waals surface area contributed by atoms with Gasteiger partial charge in [-0.25, -0.2) is 0 Å². The summed E-state index contributed by atoms with van der Waals surface area (Å²) in [5, 5.41) is 0. The van der Waals surface area contributed by atoms with Gasteiger partial charge in [-0.05, 0) is 43.3 Å². The number of amides is 1. The van der Waals surface area contributed by atoms with Gasteiger partial charge < -0.3 is 43.0 Å².